The molecule has 2 rings (SSSR count). The summed E-state index contributed by atoms with van der Waals surface area (Å²) in [6, 6.07) is 5.80. The summed E-state index contributed by atoms with van der Waals surface area (Å²) >= 11 is 0. The quantitative estimate of drug-likeness (QED) is 0.802. The van der Waals surface area contributed by atoms with Crippen LogP contribution in [0.4, 0.5) is 0 Å². The van der Waals surface area contributed by atoms with E-state index in [0.29, 0.717) is 36.4 Å². The minimum atomic E-state index is 0.217. The van der Waals surface area contributed by atoms with E-state index < -0.39 is 0 Å². The fourth-order valence-corrected chi connectivity index (χ4v) is 1.97. The number of aromatic nitrogens is 2. The van der Waals surface area contributed by atoms with Crippen LogP contribution in [-0.2, 0) is 19.4 Å². The molecule has 6 heteroatoms. The molecule has 6 nitrogen and oxygen atoms in total. The van der Waals surface area contributed by atoms with Gasteiger partial charge in [0.25, 0.3) is 5.89 Å². The highest BCUT2D eigenvalue weighted by molar-refractivity contribution is 5.46. The molecule has 2 aromatic rings. The summed E-state index contributed by atoms with van der Waals surface area (Å²) in [6.07, 6.45) is 1.46. The average molecular weight is 291 g/mol. The molecule has 2 N–H and O–H groups in total. The Kier molecular flexibility index (Phi) is 5.57. The first-order valence-electron chi connectivity index (χ1n) is 7.17. The van der Waals surface area contributed by atoms with Gasteiger partial charge in [-0.3, -0.25) is 0 Å². The molecule has 0 aliphatic carbocycles. The zero-order valence-electron chi connectivity index (χ0n) is 12.5. The van der Waals surface area contributed by atoms with E-state index in [1.807, 2.05) is 32.0 Å². The average Bonchev–Trinajstić information content (AvgIpc) is 2.95. The van der Waals surface area contributed by atoms with E-state index in [1.165, 1.54) is 0 Å². The number of hydrogen-bond acceptors (Lipinski definition) is 6. The van der Waals surface area contributed by atoms with Crippen LogP contribution >= 0.6 is 0 Å². The molecular weight excluding hydrogens is 270 g/mol. The molecule has 0 radical (unpaired) electrons. The first kappa shape index (κ1) is 15.3. The highest BCUT2D eigenvalue weighted by Gasteiger charge is 2.13. The third-order valence-corrected chi connectivity index (χ3v) is 2.94. The summed E-state index contributed by atoms with van der Waals surface area (Å²) in [5.74, 6) is 2.53. The first-order chi connectivity index (χ1) is 10.3. The van der Waals surface area contributed by atoms with Crippen molar-refractivity contribution in [3.05, 3.63) is 35.5 Å². The highest BCUT2D eigenvalue weighted by Crippen LogP contribution is 2.32. The molecule has 0 spiro atoms. The van der Waals surface area contributed by atoms with Crippen molar-refractivity contribution in [1.29, 1.82) is 0 Å². The van der Waals surface area contributed by atoms with Gasteiger partial charge >= 0.3 is 0 Å². The molecule has 0 bridgehead atoms. The van der Waals surface area contributed by atoms with Crippen LogP contribution in [0.3, 0.4) is 0 Å². The van der Waals surface area contributed by atoms with Crippen molar-refractivity contribution in [2.24, 2.45) is 5.73 Å². The van der Waals surface area contributed by atoms with Crippen LogP contribution in [0.15, 0.2) is 22.7 Å². The van der Waals surface area contributed by atoms with Crippen LogP contribution < -0.4 is 15.2 Å². The second-order valence-corrected chi connectivity index (χ2v) is 4.46. The zero-order chi connectivity index (χ0) is 15.1. The van der Waals surface area contributed by atoms with Crippen molar-refractivity contribution in [3.63, 3.8) is 0 Å². The first-order valence-corrected chi connectivity index (χ1v) is 7.17. The predicted octanol–water partition coefficient (Wildman–Crippen LogP) is 2.11. The van der Waals surface area contributed by atoms with Gasteiger partial charge in [-0.1, -0.05) is 24.2 Å². The summed E-state index contributed by atoms with van der Waals surface area (Å²) < 4.78 is 16.6. The monoisotopic (exact) mass is 291 g/mol. The number of ether oxygens (including phenoxy) is 2. The van der Waals surface area contributed by atoms with Crippen molar-refractivity contribution in [2.75, 3.05) is 13.2 Å². The third kappa shape index (κ3) is 3.95. The number of benzene rings is 1. The van der Waals surface area contributed by atoms with Gasteiger partial charge in [-0.05, 0) is 31.5 Å². The predicted molar refractivity (Wildman–Crippen MR) is 78.4 cm³/mol. The Morgan fingerprint density at radius 1 is 1.24 bits per heavy atom. The number of para-hydroxylation sites is 1. The maximum absolute atomic E-state index is 5.84. The summed E-state index contributed by atoms with van der Waals surface area (Å²) in [4.78, 5) is 4.23. The topological polar surface area (TPSA) is 83.4 Å². The second-order valence-electron chi connectivity index (χ2n) is 4.46. The second kappa shape index (κ2) is 7.64. The molecule has 0 atom stereocenters. The van der Waals surface area contributed by atoms with Gasteiger partial charge in [0.15, 0.2) is 23.9 Å². The molecule has 1 aromatic carbocycles. The molecule has 0 aliphatic heterocycles. The van der Waals surface area contributed by atoms with E-state index in [-0.39, 0.29) is 6.61 Å². The van der Waals surface area contributed by atoms with Gasteiger partial charge in [-0.2, -0.15) is 4.98 Å². The van der Waals surface area contributed by atoms with Gasteiger partial charge in [-0.25, -0.2) is 0 Å². The van der Waals surface area contributed by atoms with Crippen LogP contribution in [0.25, 0.3) is 0 Å². The van der Waals surface area contributed by atoms with Gasteiger partial charge in [-0.15, -0.1) is 0 Å². The molecule has 21 heavy (non-hydrogen) atoms. The molecule has 0 saturated carbocycles. The van der Waals surface area contributed by atoms with E-state index in [9.17, 15) is 0 Å². The van der Waals surface area contributed by atoms with Gasteiger partial charge in [0.1, 0.15) is 0 Å². The van der Waals surface area contributed by atoms with Gasteiger partial charge in [0.2, 0.25) is 0 Å². The van der Waals surface area contributed by atoms with E-state index in [1.54, 1.807) is 0 Å². The number of rotatable bonds is 8. The Bertz CT molecular complexity index is 545. The Morgan fingerprint density at radius 3 is 2.76 bits per heavy atom. The minimum Gasteiger partial charge on any atom is -0.490 e. The molecule has 114 valence electrons. The van der Waals surface area contributed by atoms with Crippen LogP contribution in [-0.4, -0.2) is 23.3 Å². The molecule has 0 amide bonds. The number of aryl methyl sites for hydroxylation is 1. The van der Waals surface area contributed by atoms with Crippen LogP contribution in [0, 0.1) is 0 Å². The summed E-state index contributed by atoms with van der Waals surface area (Å²) in [6.45, 7) is 5.24. The Morgan fingerprint density at radius 2 is 2.10 bits per heavy atom. The van der Waals surface area contributed by atoms with Crippen LogP contribution in [0.1, 0.15) is 31.1 Å². The standard InChI is InChI=1S/C15H21N3O3/c1-3-13-17-14(21-18-13)10-20-15-11(8-9-16)6-5-7-12(15)19-4-2/h5-7H,3-4,8-10,16H2,1-2H3. The number of nitrogens with two attached hydrogens (primary N) is 1. The molecule has 0 aliphatic rings. The van der Waals surface area contributed by atoms with Crippen molar-refractivity contribution in [2.45, 2.75) is 33.3 Å². The van der Waals surface area contributed by atoms with Crippen molar-refractivity contribution in [1.82, 2.24) is 10.1 Å². The Hall–Kier alpha value is -2.08. The largest absolute Gasteiger partial charge is 0.490 e. The summed E-state index contributed by atoms with van der Waals surface area (Å²) in [5, 5.41) is 3.85. The third-order valence-electron chi connectivity index (χ3n) is 2.94. The maximum Gasteiger partial charge on any atom is 0.264 e. The fraction of sp³-hybridized carbons (Fsp3) is 0.467. The van der Waals surface area contributed by atoms with Crippen molar-refractivity contribution >= 4 is 0 Å². The maximum atomic E-state index is 5.84. The van der Waals surface area contributed by atoms with Crippen LogP contribution in [0.2, 0.25) is 0 Å². The lowest BCUT2D eigenvalue weighted by Crippen LogP contribution is -2.07. The molecular formula is C15H21N3O3. The lowest BCUT2D eigenvalue weighted by atomic mass is 10.1. The van der Waals surface area contributed by atoms with E-state index in [2.05, 4.69) is 10.1 Å². The molecule has 0 saturated heterocycles. The highest BCUT2D eigenvalue weighted by atomic mass is 16.5. The van der Waals surface area contributed by atoms with Crippen LogP contribution in [0.5, 0.6) is 11.5 Å². The SMILES string of the molecule is CCOc1cccc(CCN)c1OCc1nc(CC)no1. The number of nitrogens with zero attached hydrogens (tertiary/aromatic N) is 2. The molecule has 0 fully saturated rings. The van der Waals surface area contributed by atoms with Gasteiger partial charge < -0.3 is 19.7 Å². The van der Waals surface area contributed by atoms with Gasteiger partial charge in [0.05, 0.1) is 6.61 Å². The van der Waals surface area contributed by atoms with E-state index >= 15 is 0 Å². The summed E-state index contributed by atoms with van der Waals surface area (Å²) in [7, 11) is 0. The number of hydrogen-bond donors (Lipinski definition) is 1. The fourth-order valence-electron chi connectivity index (χ4n) is 1.97. The van der Waals surface area contributed by atoms with E-state index in [0.717, 1.165) is 18.4 Å². The molecule has 1 heterocycles. The molecule has 1 aromatic heterocycles. The minimum absolute atomic E-state index is 0.217. The smallest absolute Gasteiger partial charge is 0.264 e. The zero-order valence-corrected chi connectivity index (χ0v) is 12.5. The van der Waals surface area contributed by atoms with E-state index in [4.69, 9.17) is 19.7 Å². The van der Waals surface area contributed by atoms with Gasteiger partial charge in [0, 0.05) is 6.42 Å². The summed E-state index contributed by atoms with van der Waals surface area (Å²) in [5.41, 5.74) is 6.66. The lowest BCUT2D eigenvalue weighted by molar-refractivity contribution is 0.226. The Labute approximate surface area is 124 Å². The molecule has 0 unspecified atom stereocenters. The normalized spacial score (nSPS) is 10.6. The van der Waals surface area contributed by atoms with Crippen molar-refractivity contribution in [3.8, 4) is 11.5 Å². The lowest BCUT2D eigenvalue weighted by Gasteiger charge is -2.14. The Balaban J connectivity index is 2.15. The van der Waals surface area contributed by atoms with Crippen molar-refractivity contribution < 1.29 is 14.0 Å².